The standard InChI is InChI=1S/C12H17ClINO3/c1-17-4-5-18-8-10(16)7-15-12-6-9(14)2-3-11(12)13/h2-3,6,10,15-16H,4-5,7-8H2,1H3. The van der Waals surface area contributed by atoms with E-state index < -0.39 is 6.10 Å². The number of anilines is 1. The molecule has 0 heterocycles. The zero-order valence-corrected chi connectivity index (χ0v) is 13.1. The van der Waals surface area contributed by atoms with E-state index in [0.717, 1.165) is 9.26 Å². The third-order valence-electron chi connectivity index (χ3n) is 2.20. The van der Waals surface area contributed by atoms with Crippen molar-refractivity contribution in [2.45, 2.75) is 6.10 Å². The summed E-state index contributed by atoms with van der Waals surface area (Å²) in [4.78, 5) is 0. The van der Waals surface area contributed by atoms with E-state index in [0.29, 0.717) is 24.8 Å². The SMILES string of the molecule is COCCOCC(O)CNc1cc(I)ccc1Cl. The second-order valence-corrected chi connectivity index (χ2v) is 5.38. The summed E-state index contributed by atoms with van der Waals surface area (Å²) in [6, 6.07) is 5.69. The Bertz CT molecular complexity index is 365. The van der Waals surface area contributed by atoms with Crippen LogP contribution in [0, 0.1) is 3.57 Å². The van der Waals surface area contributed by atoms with Crippen LogP contribution in [-0.2, 0) is 9.47 Å². The van der Waals surface area contributed by atoms with Crippen LogP contribution in [0.3, 0.4) is 0 Å². The van der Waals surface area contributed by atoms with Crippen LogP contribution in [0.15, 0.2) is 18.2 Å². The predicted molar refractivity (Wildman–Crippen MR) is 81.4 cm³/mol. The summed E-state index contributed by atoms with van der Waals surface area (Å²) >= 11 is 8.24. The topological polar surface area (TPSA) is 50.7 Å². The lowest BCUT2D eigenvalue weighted by Gasteiger charge is -2.14. The summed E-state index contributed by atoms with van der Waals surface area (Å²) in [5.74, 6) is 0. The third kappa shape index (κ3) is 6.19. The number of rotatable bonds is 8. The minimum atomic E-state index is -0.573. The van der Waals surface area contributed by atoms with Gasteiger partial charge >= 0.3 is 0 Å². The van der Waals surface area contributed by atoms with E-state index >= 15 is 0 Å². The van der Waals surface area contributed by atoms with E-state index in [-0.39, 0.29) is 6.61 Å². The number of halogens is 2. The largest absolute Gasteiger partial charge is 0.389 e. The Hall–Kier alpha value is -0.0800. The first-order valence-corrected chi connectivity index (χ1v) is 7.03. The molecule has 4 nitrogen and oxygen atoms in total. The van der Waals surface area contributed by atoms with E-state index in [4.69, 9.17) is 21.1 Å². The number of nitrogens with one attached hydrogen (secondary N) is 1. The van der Waals surface area contributed by atoms with Gasteiger partial charge in [-0.15, -0.1) is 0 Å². The molecule has 6 heteroatoms. The molecule has 1 aromatic rings. The van der Waals surface area contributed by atoms with Crippen LogP contribution in [-0.4, -0.2) is 44.7 Å². The van der Waals surface area contributed by atoms with Crippen LogP contribution in [0.5, 0.6) is 0 Å². The molecule has 1 rings (SSSR count). The minimum Gasteiger partial charge on any atom is -0.389 e. The molecule has 0 amide bonds. The van der Waals surface area contributed by atoms with E-state index in [9.17, 15) is 5.11 Å². The normalized spacial score (nSPS) is 12.4. The number of benzene rings is 1. The molecule has 18 heavy (non-hydrogen) atoms. The van der Waals surface area contributed by atoms with Crippen molar-refractivity contribution in [2.24, 2.45) is 0 Å². The first kappa shape index (κ1) is 16.0. The summed E-state index contributed by atoms with van der Waals surface area (Å²) < 4.78 is 11.2. The first-order valence-electron chi connectivity index (χ1n) is 5.57. The van der Waals surface area contributed by atoms with Crippen molar-refractivity contribution in [3.05, 3.63) is 26.8 Å². The van der Waals surface area contributed by atoms with Crippen LogP contribution in [0.25, 0.3) is 0 Å². The second kappa shape index (κ2) is 8.92. The Balaban J connectivity index is 2.29. The highest BCUT2D eigenvalue weighted by Gasteiger charge is 2.06. The summed E-state index contributed by atoms with van der Waals surface area (Å²) in [7, 11) is 1.61. The van der Waals surface area contributed by atoms with Crippen molar-refractivity contribution in [1.82, 2.24) is 0 Å². The Labute approximate surface area is 126 Å². The maximum Gasteiger partial charge on any atom is 0.0945 e. The van der Waals surface area contributed by atoms with Gasteiger partial charge in [-0.1, -0.05) is 11.6 Å². The molecule has 1 atom stereocenters. The van der Waals surface area contributed by atoms with Crippen LogP contribution < -0.4 is 5.32 Å². The lowest BCUT2D eigenvalue weighted by atomic mass is 10.3. The molecule has 1 unspecified atom stereocenters. The predicted octanol–water partition coefficient (Wildman–Crippen LogP) is 2.38. The van der Waals surface area contributed by atoms with Gasteiger partial charge in [-0.3, -0.25) is 0 Å². The van der Waals surface area contributed by atoms with Gasteiger partial charge in [0.2, 0.25) is 0 Å². The van der Waals surface area contributed by atoms with Gasteiger partial charge in [0.05, 0.1) is 36.6 Å². The molecule has 0 radical (unpaired) electrons. The molecule has 0 aliphatic heterocycles. The summed E-state index contributed by atoms with van der Waals surface area (Å²) in [5, 5.41) is 13.4. The average Bonchev–Trinajstić information content (AvgIpc) is 2.36. The molecular weight excluding hydrogens is 368 g/mol. The quantitative estimate of drug-likeness (QED) is 0.533. The van der Waals surface area contributed by atoms with Crippen LogP contribution >= 0.6 is 34.2 Å². The molecule has 1 aromatic carbocycles. The minimum absolute atomic E-state index is 0.276. The maximum atomic E-state index is 9.70. The highest BCUT2D eigenvalue weighted by molar-refractivity contribution is 14.1. The molecule has 0 aliphatic rings. The van der Waals surface area contributed by atoms with Gasteiger partial charge in [0, 0.05) is 17.2 Å². The smallest absolute Gasteiger partial charge is 0.0945 e. The summed E-state index contributed by atoms with van der Waals surface area (Å²) in [6.45, 7) is 1.69. The van der Waals surface area contributed by atoms with Gasteiger partial charge in [0.25, 0.3) is 0 Å². The Morgan fingerprint density at radius 2 is 2.22 bits per heavy atom. The number of aliphatic hydroxyl groups excluding tert-OH is 1. The number of ether oxygens (including phenoxy) is 2. The fraction of sp³-hybridized carbons (Fsp3) is 0.500. The van der Waals surface area contributed by atoms with E-state index in [1.54, 1.807) is 7.11 Å². The van der Waals surface area contributed by atoms with Crippen LogP contribution in [0.1, 0.15) is 0 Å². The lowest BCUT2D eigenvalue weighted by molar-refractivity contribution is 0.0182. The Morgan fingerprint density at radius 1 is 1.44 bits per heavy atom. The fourth-order valence-corrected chi connectivity index (χ4v) is 1.96. The molecule has 0 aliphatic carbocycles. The van der Waals surface area contributed by atoms with E-state index in [2.05, 4.69) is 27.9 Å². The van der Waals surface area contributed by atoms with Crippen molar-refractivity contribution in [2.75, 3.05) is 38.8 Å². The van der Waals surface area contributed by atoms with Gasteiger partial charge in [-0.05, 0) is 40.8 Å². The van der Waals surface area contributed by atoms with Gasteiger partial charge < -0.3 is 19.9 Å². The molecule has 2 N–H and O–H groups in total. The highest BCUT2D eigenvalue weighted by Crippen LogP contribution is 2.23. The summed E-state index contributed by atoms with van der Waals surface area (Å²) in [5.41, 5.74) is 0.819. The van der Waals surface area contributed by atoms with Crippen molar-refractivity contribution in [1.29, 1.82) is 0 Å². The molecule has 0 saturated heterocycles. The maximum absolute atomic E-state index is 9.70. The van der Waals surface area contributed by atoms with Gasteiger partial charge in [-0.2, -0.15) is 0 Å². The van der Waals surface area contributed by atoms with Crippen molar-refractivity contribution >= 4 is 39.9 Å². The van der Waals surface area contributed by atoms with E-state index in [1.165, 1.54) is 0 Å². The van der Waals surface area contributed by atoms with E-state index in [1.807, 2.05) is 18.2 Å². The monoisotopic (exact) mass is 385 g/mol. The zero-order valence-electron chi connectivity index (χ0n) is 10.2. The van der Waals surface area contributed by atoms with Gasteiger partial charge in [-0.25, -0.2) is 0 Å². The molecule has 0 aromatic heterocycles. The second-order valence-electron chi connectivity index (χ2n) is 3.73. The number of hydrogen-bond donors (Lipinski definition) is 2. The molecule has 102 valence electrons. The number of methoxy groups -OCH3 is 1. The first-order chi connectivity index (χ1) is 8.63. The zero-order chi connectivity index (χ0) is 13.4. The van der Waals surface area contributed by atoms with Crippen molar-refractivity contribution < 1.29 is 14.6 Å². The summed E-state index contributed by atoms with van der Waals surface area (Å²) in [6.07, 6.45) is -0.573. The molecule has 0 spiro atoms. The average molecular weight is 386 g/mol. The molecular formula is C12H17ClINO3. The molecule has 0 saturated carbocycles. The fourth-order valence-electron chi connectivity index (χ4n) is 1.28. The van der Waals surface area contributed by atoms with Gasteiger partial charge in [0.1, 0.15) is 0 Å². The number of aliphatic hydroxyl groups is 1. The van der Waals surface area contributed by atoms with Crippen molar-refractivity contribution in [3.63, 3.8) is 0 Å². The lowest BCUT2D eigenvalue weighted by Crippen LogP contribution is -2.25. The number of hydrogen-bond acceptors (Lipinski definition) is 4. The Kier molecular flexibility index (Phi) is 7.92. The third-order valence-corrected chi connectivity index (χ3v) is 3.20. The molecule has 0 fully saturated rings. The van der Waals surface area contributed by atoms with Crippen LogP contribution in [0.4, 0.5) is 5.69 Å². The molecule has 0 bridgehead atoms. The van der Waals surface area contributed by atoms with Crippen molar-refractivity contribution in [3.8, 4) is 0 Å². The Morgan fingerprint density at radius 3 is 2.94 bits per heavy atom. The van der Waals surface area contributed by atoms with Crippen LogP contribution in [0.2, 0.25) is 5.02 Å². The van der Waals surface area contributed by atoms with Gasteiger partial charge in [0.15, 0.2) is 0 Å². The highest BCUT2D eigenvalue weighted by atomic mass is 127.